The van der Waals surface area contributed by atoms with Crippen LogP contribution in [0.15, 0.2) is 24.3 Å². The second-order valence-corrected chi connectivity index (χ2v) is 5.97. The van der Waals surface area contributed by atoms with Crippen LogP contribution in [0.4, 0.5) is 0 Å². The van der Waals surface area contributed by atoms with Crippen molar-refractivity contribution >= 4 is 23.4 Å². The van der Waals surface area contributed by atoms with E-state index in [4.69, 9.17) is 11.6 Å². The molecule has 0 aliphatic heterocycles. The minimum atomic E-state index is -0.574. The molecule has 0 saturated heterocycles. The molecule has 5 nitrogen and oxygen atoms in total. The fourth-order valence-electron chi connectivity index (χ4n) is 1.84. The van der Waals surface area contributed by atoms with Gasteiger partial charge in [0.15, 0.2) is 0 Å². The molecule has 1 rings (SSSR count). The molecule has 21 heavy (non-hydrogen) atoms. The highest BCUT2D eigenvalue weighted by Gasteiger charge is 2.22. The number of hydrogen-bond acceptors (Lipinski definition) is 3. The molecule has 0 fully saturated rings. The Morgan fingerprint density at radius 3 is 2.24 bits per heavy atom. The predicted octanol–water partition coefficient (Wildman–Crippen LogP) is 2.08. The quantitative estimate of drug-likeness (QED) is 0.791. The summed E-state index contributed by atoms with van der Waals surface area (Å²) in [6, 6.07) is 5.99. The second-order valence-electron chi connectivity index (χ2n) is 5.53. The number of nitrogens with one attached hydrogen (secondary N) is 2. The Morgan fingerprint density at radius 2 is 1.76 bits per heavy atom. The number of benzene rings is 1. The zero-order chi connectivity index (χ0) is 16.0. The molecule has 0 aromatic heterocycles. The number of rotatable bonds is 6. The number of carbonyl (C=O) groups is 2. The van der Waals surface area contributed by atoms with Crippen LogP contribution >= 0.6 is 11.6 Å². The number of nitrogens with zero attached hydrogens (tertiary/aromatic N) is 1. The highest BCUT2D eigenvalue weighted by molar-refractivity contribution is 6.30. The first-order valence-corrected chi connectivity index (χ1v) is 7.21. The summed E-state index contributed by atoms with van der Waals surface area (Å²) in [5, 5.41) is 4.89. The zero-order valence-electron chi connectivity index (χ0n) is 12.8. The van der Waals surface area contributed by atoms with E-state index in [2.05, 4.69) is 10.7 Å². The maximum absolute atomic E-state index is 12.2. The summed E-state index contributed by atoms with van der Waals surface area (Å²) in [5.41, 5.74) is 3.15. The number of carbonyl (C=O) groups excluding carboxylic acids is 2. The van der Waals surface area contributed by atoms with Gasteiger partial charge in [0.1, 0.15) is 6.04 Å². The third-order valence-electron chi connectivity index (χ3n) is 2.77. The zero-order valence-corrected chi connectivity index (χ0v) is 13.6. The van der Waals surface area contributed by atoms with E-state index < -0.39 is 6.04 Å². The van der Waals surface area contributed by atoms with Gasteiger partial charge in [-0.25, -0.2) is 5.01 Å². The van der Waals surface area contributed by atoms with E-state index >= 15 is 0 Å². The molecule has 0 heterocycles. The molecular weight excluding hydrogens is 290 g/mol. The molecule has 1 atom stereocenters. The third kappa shape index (κ3) is 6.14. The lowest BCUT2D eigenvalue weighted by atomic mass is 10.0. The molecule has 0 aliphatic carbocycles. The Balaban J connectivity index is 2.77. The molecule has 0 unspecified atom stereocenters. The van der Waals surface area contributed by atoms with Crippen molar-refractivity contribution in [3.05, 3.63) is 34.9 Å². The fraction of sp³-hybridized carbons (Fsp3) is 0.467. The van der Waals surface area contributed by atoms with Crippen molar-refractivity contribution in [2.75, 3.05) is 14.1 Å². The highest BCUT2D eigenvalue weighted by atomic mass is 35.5. The number of hydrazine groups is 1. The van der Waals surface area contributed by atoms with Crippen LogP contribution in [0.1, 0.15) is 30.6 Å². The van der Waals surface area contributed by atoms with Gasteiger partial charge in [0.2, 0.25) is 0 Å². The normalized spacial score (nSPS) is 12.3. The topological polar surface area (TPSA) is 61.4 Å². The van der Waals surface area contributed by atoms with E-state index in [-0.39, 0.29) is 17.7 Å². The molecule has 1 aromatic carbocycles. The minimum absolute atomic E-state index is 0.226. The van der Waals surface area contributed by atoms with Crippen LogP contribution in [0, 0.1) is 5.92 Å². The summed E-state index contributed by atoms with van der Waals surface area (Å²) in [6.45, 7) is 4.01. The standard InChI is InChI=1S/C15H22ClN3O2/c1-10(2)9-13(15(21)18-19(3)4)17-14(20)11-5-7-12(16)8-6-11/h5-8,10,13H,9H2,1-4H3,(H,17,20)(H,18,21)/t13-/m0/s1. The summed E-state index contributed by atoms with van der Waals surface area (Å²) in [5.74, 6) is -0.226. The van der Waals surface area contributed by atoms with E-state index in [9.17, 15) is 9.59 Å². The summed E-state index contributed by atoms with van der Waals surface area (Å²) >= 11 is 5.80. The first kappa shape index (κ1) is 17.5. The molecular formula is C15H22ClN3O2. The average molecular weight is 312 g/mol. The summed E-state index contributed by atoms with van der Waals surface area (Å²) in [4.78, 5) is 24.3. The molecule has 0 aliphatic rings. The lowest BCUT2D eigenvalue weighted by molar-refractivity contribution is -0.127. The maximum atomic E-state index is 12.2. The van der Waals surface area contributed by atoms with Gasteiger partial charge in [-0.1, -0.05) is 25.4 Å². The van der Waals surface area contributed by atoms with Crippen molar-refractivity contribution in [3.8, 4) is 0 Å². The van der Waals surface area contributed by atoms with Crippen molar-refractivity contribution in [1.29, 1.82) is 0 Å². The summed E-state index contributed by atoms with van der Waals surface area (Å²) < 4.78 is 0. The second kappa shape index (κ2) is 8.00. The Bertz CT molecular complexity index is 486. The third-order valence-corrected chi connectivity index (χ3v) is 3.02. The first-order chi connectivity index (χ1) is 9.79. The van der Waals surface area contributed by atoms with Crippen molar-refractivity contribution < 1.29 is 9.59 Å². The number of amides is 2. The van der Waals surface area contributed by atoms with Crippen LogP contribution in [0.3, 0.4) is 0 Å². The van der Waals surface area contributed by atoms with Crippen LogP contribution < -0.4 is 10.7 Å². The predicted molar refractivity (Wildman–Crippen MR) is 84.0 cm³/mol. The van der Waals surface area contributed by atoms with Crippen molar-refractivity contribution in [3.63, 3.8) is 0 Å². The van der Waals surface area contributed by atoms with E-state index in [0.29, 0.717) is 17.0 Å². The Hall–Kier alpha value is -1.59. The molecule has 0 saturated carbocycles. The number of hydrogen-bond donors (Lipinski definition) is 2. The number of halogens is 1. The molecule has 6 heteroatoms. The van der Waals surface area contributed by atoms with Gasteiger partial charge in [-0.15, -0.1) is 0 Å². The van der Waals surface area contributed by atoms with Crippen LogP contribution in [0.2, 0.25) is 5.02 Å². The molecule has 1 aromatic rings. The fourth-order valence-corrected chi connectivity index (χ4v) is 1.97. The molecule has 0 spiro atoms. The average Bonchev–Trinajstić information content (AvgIpc) is 2.37. The summed E-state index contributed by atoms with van der Waals surface area (Å²) in [6.07, 6.45) is 0.568. The van der Waals surface area contributed by atoms with Gasteiger partial charge in [0.05, 0.1) is 0 Å². The van der Waals surface area contributed by atoms with Gasteiger partial charge in [-0.2, -0.15) is 0 Å². The van der Waals surface area contributed by atoms with Gasteiger partial charge in [0, 0.05) is 24.7 Å². The molecule has 2 N–H and O–H groups in total. The van der Waals surface area contributed by atoms with E-state index in [0.717, 1.165) is 0 Å². The highest BCUT2D eigenvalue weighted by Crippen LogP contribution is 2.11. The van der Waals surface area contributed by atoms with E-state index in [1.54, 1.807) is 43.4 Å². The molecule has 0 radical (unpaired) electrons. The van der Waals surface area contributed by atoms with E-state index in [1.807, 2.05) is 13.8 Å². The van der Waals surface area contributed by atoms with Gasteiger partial charge < -0.3 is 5.32 Å². The van der Waals surface area contributed by atoms with Crippen molar-refractivity contribution in [2.45, 2.75) is 26.3 Å². The van der Waals surface area contributed by atoms with Crippen molar-refractivity contribution in [2.24, 2.45) is 5.92 Å². The van der Waals surface area contributed by atoms with Gasteiger partial charge in [-0.3, -0.25) is 15.0 Å². The Labute approximate surface area is 130 Å². The van der Waals surface area contributed by atoms with Gasteiger partial charge in [-0.05, 0) is 36.6 Å². The van der Waals surface area contributed by atoms with Crippen molar-refractivity contribution in [1.82, 2.24) is 15.8 Å². The largest absolute Gasteiger partial charge is 0.340 e. The van der Waals surface area contributed by atoms with Crippen LogP contribution in [0.25, 0.3) is 0 Å². The molecule has 116 valence electrons. The van der Waals surface area contributed by atoms with Gasteiger partial charge in [0.25, 0.3) is 11.8 Å². The Morgan fingerprint density at radius 1 is 1.19 bits per heavy atom. The molecule has 2 amide bonds. The smallest absolute Gasteiger partial charge is 0.256 e. The maximum Gasteiger partial charge on any atom is 0.256 e. The SMILES string of the molecule is CC(C)C[C@H](NC(=O)c1ccc(Cl)cc1)C(=O)NN(C)C. The summed E-state index contributed by atoms with van der Waals surface area (Å²) in [7, 11) is 3.46. The monoisotopic (exact) mass is 311 g/mol. The lowest BCUT2D eigenvalue weighted by Gasteiger charge is -2.22. The van der Waals surface area contributed by atoms with Crippen LogP contribution in [0.5, 0.6) is 0 Å². The van der Waals surface area contributed by atoms with E-state index in [1.165, 1.54) is 0 Å². The first-order valence-electron chi connectivity index (χ1n) is 6.84. The Kier molecular flexibility index (Phi) is 6.65. The van der Waals surface area contributed by atoms with Crippen LogP contribution in [-0.2, 0) is 4.79 Å². The lowest BCUT2D eigenvalue weighted by Crippen LogP contribution is -2.50. The van der Waals surface area contributed by atoms with Crippen LogP contribution in [-0.4, -0.2) is 37.0 Å². The van der Waals surface area contributed by atoms with Gasteiger partial charge >= 0.3 is 0 Å². The minimum Gasteiger partial charge on any atom is -0.340 e. The molecule has 0 bridgehead atoms.